The van der Waals surface area contributed by atoms with Gasteiger partial charge in [-0.25, -0.2) is 0 Å². The van der Waals surface area contributed by atoms with Crippen molar-refractivity contribution in [2.45, 2.75) is 33.6 Å². The van der Waals surface area contributed by atoms with E-state index in [-0.39, 0.29) is 0 Å². The molecule has 0 saturated carbocycles. The zero-order valence-corrected chi connectivity index (χ0v) is 8.50. The fourth-order valence-electron chi connectivity index (χ4n) is 0.883. The van der Waals surface area contributed by atoms with Crippen LogP contribution in [0.2, 0.25) is 0 Å². The molecule has 0 aromatic rings. The van der Waals surface area contributed by atoms with Gasteiger partial charge < -0.3 is 0 Å². The Bertz CT molecular complexity index is 69.1. The van der Waals surface area contributed by atoms with Gasteiger partial charge in [0.05, 0.1) is 0 Å². The molecule has 0 amide bonds. The number of rotatable bonds is 5. The molecule has 1 unspecified atom stereocenters. The Morgan fingerprint density at radius 2 is 1.80 bits per heavy atom. The largest absolute Gasteiger partial charge is 0.165 e. The maximum absolute atomic E-state index is 2.35. The smallest absolute Gasteiger partial charge is 0.00702 e. The lowest BCUT2D eigenvalue weighted by Gasteiger charge is -2.14. The van der Waals surface area contributed by atoms with Crippen LogP contribution in [0.3, 0.4) is 0 Å². The van der Waals surface area contributed by atoms with Crippen molar-refractivity contribution in [1.29, 1.82) is 0 Å². The molecular weight excluding hydrogens is 140 g/mol. The quantitative estimate of drug-likeness (QED) is 0.555. The third kappa shape index (κ3) is 5.16. The molecular formula is C9H20S. The van der Waals surface area contributed by atoms with E-state index in [0.717, 1.165) is 11.8 Å². The van der Waals surface area contributed by atoms with Crippen LogP contribution in [0.15, 0.2) is 0 Å². The molecule has 0 nitrogen and oxygen atoms in total. The van der Waals surface area contributed by atoms with Crippen LogP contribution in [0.4, 0.5) is 0 Å². The van der Waals surface area contributed by atoms with Crippen LogP contribution in [-0.4, -0.2) is 12.0 Å². The van der Waals surface area contributed by atoms with Gasteiger partial charge in [-0.2, -0.15) is 11.8 Å². The zero-order chi connectivity index (χ0) is 7.98. The van der Waals surface area contributed by atoms with Gasteiger partial charge in [-0.3, -0.25) is 0 Å². The molecule has 0 spiro atoms. The summed E-state index contributed by atoms with van der Waals surface area (Å²) in [4.78, 5) is 0. The Hall–Kier alpha value is 0.350. The van der Waals surface area contributed by atoms with Crippen molar-refractivity contribution in [3.05, 3.63) is 0 Å². The monoisotopic (exact) mass is 160 g/mol. The SMILES string of the molecule is CSCCCC(C)C(C)C. The maximum atomic E-state index is 2.35. The van der Waals surface area contributed by atoms with Crippen molar-refractivity contribution >= 4 is 11.8 Å². The Morgan fingerprint density at radius 1 is 1.20 bits per heavy atom. The van der Waals surface area contributed by atoms with E-state index in [2.05, 4.69) is 27.0 Å². The highest BCUT2D eigenvalue weighted by Crippen LogP contribution is 2.16. The van der Waals surface area contributed by atoms with E-state index in [4.69, 9.17) is 0 Å². The molecule has 0 heterocycles. The minimum atomic E-state index is 0.863. The van der Waals surface area contributed by atoms with Gasteiger partial charge in [-0.15, -0.1) is 0 Å². The van der Waals surface area contributed by atoms with Gasteiger partial charge in [0, 0.05) is 0 Å². The van der Waals surface area contributed by atoms with Crippen molar-refractivity contribution in [3.8, 4) is 0 Å². The number of hydrogen-bond acceptors (Lipinski definition) is 1. The molecule has 0 fully saturated rings. The second-order valence-corrected chi connectivity index (χ2v) is 4.34. The summed E-state index contributed by atoms with van der Waals surface area (Å²) in [5.41, 5.74) is 0. The molecule has 1 atom stereocenters. The second-order valence-electron chi connectivity index (χ2n) is 3.36. The fourth-order valence-corrected chi connectivity index (χ4v) is 1.34. The molecule has 10 heavy (non-hydrogen) atoms. The summed E-state index contributed by atoms with van der Waals surface area (Å²) in [5, 5.41) is 0. The predicted molar refractivity (Wildman–Crippen MR) is 51.6 cm³/mol. The summed E-state index contributed by atoms with van der Waals surface area (Å²) in [6.07, 6.45) is 4.97. The molecule has 0 rings (SSSR count). The molecule has 0 aliphatic carbocycles. The molecule has 0 aromatic heterocycles. The zero-order valence-electron chi connectivity index (χ0n) is 7.68. The van der Waals surface area contributed by atoms with Crippen molar-refractivity contribution < 1.29 is 0 Å². The lowest BCUT2D eigenvalue weighted by Crippen LogP contribution is -2.03. The van der Waals surface area contributed by atoms with Crippen LogP contribution in [0.5, 0.6) is 0 Å². The van der Waals surface area contributed by atoms with E-state index in [1.54, 1.807) is 0 Å². The van der Waals surface area contributed by atoms with Gasteiger partial charge in [0.15, 0.2) is 0 Å². The fraction of sp³-hybridized carbons (Fsp3) is 1.00. The van der Waals surface area contributed by atoms with Gasteiger partial charge >= 0.3 is 0 Å². The van der Waals surface area contributed by atoms with E-state index in [1.165, 1.54) is 18.6 Å². The van der Waals surface area contributed by atoms with Gasteiger partial charge in [0.25, 0.3) is 0 Å². The van der Waals surface area contributed by atoms with Crippen LogP contribution in [0.1, 0.15) is 33.6 Å². The first-order chi connectivity index (χ1) is 4.68. The summed E-state index contributed by atoms with van der Waals surface area (Å²) in [6, 6.07) is 0. The van der Waals surface area contributed by atoms with Crippen molar-refractivity contribution in [2.75, 3.05) is 12.0 Å². The molecule has 0 aromatic carbocycles. The summed E-state index contributed by atoms with van der Waals surface area (Å²) < 4.78 is 0. The maximum Gasteiger partial charge on any atom is -0.00702 e. The van der Waals surface area contributed by atoms with Crippen molar-refractivity contribution in [3.63, 3.8) is 0 Å². The molecule has 0 aliphatic rings. The second kappa shape index (κ2) is 6.09. The van der Waals surface area contributed by atoms with Crippen molar-refractivity contribution in [2.24, 2.45) is 11.8 Å². The molecule has 0 saturated heterocycles. The first-order valence-electron chi connectivity index (χ1n) is 4.17. The average molecular weight is 160 g/mol. The molecule has 1 heteroatoms. The Balaban J connectivity index is 3.13. The van der Waals surface area contributed by atoms with Gasteiger partial charge in [-0.05, 0) is 36.7 Å². The van der Waals surface area contributed by atoms with Gasteiger partial charge in [0.1, 0.15) is 0 Å². The van der Waals surface area contributed by atoms with Crippen molar-refractivity contribution in [1.82, 2.24) is 0 Å². The highest BCUT2D eigenvalue weighted by molar-refractivity contribution is 7.98. The number of thioether (sulfide) groups is 1. The standard InChI is InChI=1S/C9H20S/c1-8(2)9(3)6-5-7-10-4/h8-9H,5-7H2,1-4H3. The Labute approximate surface area is 69.8 Å². The predicted octanol–water partition coefficient (Wildman–Crippen LogP) is 3.42. The lowest BCUT2D eigenvalue weighted by molar-refractivity contribution is 0.390. The van der Waals surface area contributed by atoms with Crippen LogP contribution in [-0.2, 0) is 0 Å². The first kappa shape index (κ1) is 10.3. The molecule has 62 valence electrons. The molecule has 0 N–H and O–H groups in total. The highest BCUT2D eigenvalue weighted by atomic mass is 32.2. The highest BCUT2D eigenvalue weighted by Gasteiger charge is 2.05. The summed E-state index contributed by atoms with van der Waals surface area (Å²) in [5.74, 6) is 3.10. The normalized spacial score (nSPS) is 14.1. The Kier molecular flexibility index (Phi) is 6.30. The van der Waals surface area contributed by atoms with Gasteiger partial charge in [-0.1, -0.05) is 20.8 Å². The van der Waals surface area contributed by atoms with E-state index < -0.39 is 0 Å². The van der Waals surface area contributed by atoms with Crippen LogP contribution in [0, 0.1) is 11.8 Å². The minimum Gasteiger partial charge on any atom is -0.165 e. The van der Waals surface area contributed by atoms with Gasteiger partial charge in [0.2, 0.25) is 0 Å². The van der Waals surface area contributed by atoms with E-state index in [9.17, 15) is 0 Å². The topological polar surface area (TPSA) is 0 Å². The summed E-state index contributed by atoms with van der Waals surface area (Å²) in [6.45, 7) is 6.97. The first-order valence-corrected chi connectivity index (χ1v) is 5.56. The summed E-state index contributed by atoms with van der Waals surface area (Å²) in [7, 11) is 0. The van der Waals surface area contributed by atoms with Crippen LogP contribution >= 0.6 is 11.8 Å². The van der Waals surface area contributed by atoms with Crippen LogP contribution in [0.25, 0.3) is 0 Å². The third-order valence-corrected chi connectivity index (χ3v) is 2.84. The summed E-state index contributed by atoms with van der Waals surface area (Å²) >= 11 is 1.96. The average Bonchev–Trinajstić information content (AvgIpc) is 1.88. The third-order valence-electron chi connectivity index (χ3n) is 2.15. The molecule has 0 bridgehead atoms. The molecule has 0 aliphatic heterocycles. The lowest BCUT2D eigenvalue weighted by atomic mass is 9.94. The minimum absolute atomic E-state index is 0.863. The number of hydrogen-bond donors (Lipinski definition) is 0. The van der Waals surface area contributed by atoms with E-state index >= 15 is 0 Å². The van der Waals surface area contributed by atoms with E-state index in [1.807, 2.05) is 11.8 Å². The van der Waals surface area contributed by atoms with E-state index in [0.29, 0.717) is 0 Å². The van der Waals surface area contributed by atoms with Crippen LogP contribution < -0.4 is 0 Å². The molecule has 0 radical (unpaired) electrons. The Morgan fingerprint density at radius 3 is 2.20 bits per heavy atom.